The molecule has 2 atom stereocenters. The molecule has 3 N–H and O–H groups in total. The third kappa shape index (κ3) is 1.66. The zero-order chi connectivity index (χ0) is 10.3. The van der Waals surface area contributed by atoms with Crippen LogP contribution in [0.1, 0.15) is 29.3 Å². The molecule has 0 saturated carbocycles. The van der Waals surface area contributed by atoms with E-state index in [4.69, 9.17) is 10.7 Å². The minimum absolute atomic E-state index is 0.296. The lowest BCUT2D eigenvalue weighted by atomic mass is 10.0. The van der Waals surface area contributed by atoms with Crippen molar-refractivity contribution in [3.05, 3.63) is 29.1 Å². The quantitative estimate of drug-likeness (QED) is 0.702. The predicted octanol–water partition coefficient (Wildman–Crippen LogP) is 0.584. The number of nitrogens with zero attached hydrogens (tertiary/aromatic N) is 1. The van der Waals surface area contributed by atoms with Crippen molar-refractivity contribution < 1.29 is 0 Å². The lowest BCUT2D eigenvalue weighted by Gasteiger charge is -2.09. The first-order valence-corrected chi connectivity index (χ1v) is 5.78. The van der Waals surface area contributed by atoms with Crippen LogP contribution in [0.25, 0.3) is 0 Å². The molecule has 15 heavy (non-hydrogen) atoms. The first kappa shape index (κ1) is 9.31. The Morgan fingerprint density at radius 2 is 2.27 bits per heavy atom. The third-order valence-corrected chi connectivity index (χ3v) is 3.51. The first-order chi connectivity index (χ1) is 7.33. The summed E-state index contributed by atoms with van der Waals surface area (Å²) in [6.07, 6.45) is 3.19. The first-order valence-electron chi connectivity index (χ1n) is 5.78. The molecule has 2 aliphatic rings. The van der Waals surface area contributed by atoms with E-state index >= 15 is 0 Å². The Kier molecular flexibility index (Phi) is 2.22. The molecule has 3 nitrogen and oxygen atoms in total. The number of pyridine rings is 1. The van der Waals surface area contributed by atoms with Crippen molar-refractivity contribution >= 4 is 0 Å². The van der Waals surface area contributed by atoms with Crippen LogP contribution >= 0.6 is 0 Å². The summed E-state index contributed by atoms with van der Waals surface area (Å²) in [5.41, 5.74) is 9.79. The summed E-state index contributed by atoms with van der Waals surface area (Å²) in [4.78, 5) is 4.77. The Balaban J connectivity index is 1.89. The van der Waals surface area contributed by atoms with E-state index < -0.39 is 0 Å². The highest BCUT2D eigenvalue weighted by molar-refractivity contribution is 5.30. The summed E-state index contributed by atoms with van der Waals surface area (Å²) in [6.45, 7) is 2.21. The van der Waals surface area contributed by atoms with Crippen molar-refractivity contribution in [1.82, 2.24) is 10.3 Å². The molecule has 2 heterocycles. The molecule has 1 aliphatic carbocycles. The van der Waals surface area contributed by atoms with Gasteiger partial charge >= 0.3 is 0 Å². The van der Waals surface area contributed by atoms with E-state index in [1.807, 2.05) is 0 Å². The molecular formula is C12H17N3. The van der Waals surface area contributed by atoms with Gasteiger partial charge < -0.3 is 11.1 Å². The molecule has 1 saturated heterocycles. The molecule has 1 aliphatic heterocycles. The minimum atomic E-state index is 0.296. The average Bonchev–Trinajstić information content (AvgIpc) is 2.82. The maximum absolute atomic E-state index is 5.94. The van der Waals surface area contributed by atoms with Crippen molar-refractivity contribution in [3.8, 4) is 0 Å². The Bertz CT molecular complexity index is 369. The molecule has 0 aromatic carbocycles. The van der Waals surface area contributed by atoms with E-state index in [0.717, 1.165) is 25.9 Å². The number of rotatable bonds is 1. The fraction of sp³-hybridized carbons (Fsp3) is 0.583. The SMILES string of the molecule is NC1Cc2ccc(C3CCNC3)nc2C1. The Labute approximate surface area is 90.1 Å². The highest BCUT2D eigenvalue weighted by atomic mass is 14.9. The van der Waals surface area contributed by atoms with Crippen LogP contribution < -0.4 is 11.1 Å². The topological polar surface area (TPSA) is 50.9 Å². The monoisotopic (exact) mass is 203 g/mol. The minimum Gasteiger partial charge on any atom is -0.327 e. The number of hydrogen-bond donors (Lipinski definition) is 2. The van der Waals surface area contributed by atoms with E-state index in [0.29, 0.717) is 12.0 Å². The molecule has 0 radical (unpaired) electrons. The van der Waals surface area contributed by atoms with Crippen molar-refractivity contribution in [3.63, 3.8) is 0 Å². The van der Waals surface area contributed by atoms with E-state index in [1.165, 1.54) is 23.4 Å². The van der Waals surface area contributed by atoms with Gasteiger partial charge in [0, 0.05) is 36.3 Å². The third-order valence-electron chi connectivity index (χ3n) is 3.51. The summed E-state index contributed by atoms with van der Waals surface area (Å²) in [5.74, 6) is 0.618. The molecule has 3 heteroatoms. The van der Waals surface area contributed by atoms with Crippen LogP contribution in [0.4, 0.5) is 0 Å². The van der Waals surface area contributed by atoms with Gasteiger partial charge in [0.15, 0.2) is 0 Å². The van der Waals surface area contributed by atoms with Gasteiger partial charge in [-0.25, -0.2) is 0 Å². The molecule has 3 rings (SSSR count). The van der Waals surface area contributed by atoms with Gasteiger partial charge in [-0.3, -0.25) is 4.98 Å². The second kappa shape index (κ2) is 3.58. The van der Waals surface area contributed by atoms with E-state index in [-0.39, 0.29) is 0 Å². The van der Waals surface area contributed by atoms with Crippen molar-refractivity contribution in [2.24, 2.45) is 5.73 Å². The van der Waals surface area contributed by atoms with Crippen molar-refractivity contribution in [2.45, 2.75) is 31.2 Å². The van der Waals surface area contributed by atoms with Crippen LogP contribution in [-0.2, 0) is 12.8 Å². The van der Waals surface area contributed by atoms with Crippen LogP contribution in [0.3, 0.4) is 0 Å². The molecule has 0 spiro atoms. The van der Waals surface area contributed by atoms with E-state index in [2.05, 4.69) is 17.4 Å². The number of aromatic nitrogens is 1. The fourth-order valence-electron chi connectivity index (χ4n) is 2.65. The molecular weight excluding hydrogens is 186 g/mol. The van der Waals surface area contributed by atoms with Crippen LogP contribution in [0.5, 0.6) is 0 Å². The Morgan fingerprint density at radius 1 is 1.33 bits per heavy atom. The lowest BCUT2D eigenvalue weighted by Crippen LogP contribution is -2.19. The van der Waals surface area contributed by atoms with E-state index in [9.17, 15) is 0 Å². The van der Waals surface area contributed by atoms with Crippen molar-refractivity contribution in [1.29, 1.82) is 0 Å². The number of nitrogens with two attached hydrogens (primary N) is 1. The summed E-state index contributed by atoms with van der Waals surface area (Å²) in [5, 5.41) is 3.38. The molecule has 80 valence electrons. The van der Waals surface area contributed by atoms with E-state index in [1.54, 1.807) is 0 Å². The van der Waals surface area contributed by atoms with Crippen LogP contribution in [0.15, 0.2) is 12.1 Å². The van der Waals surface area contributed by atoms with Crippen LogP contribution in [0, 0.1) is 0 Å². The van der Waals surface area contributed by atoms with Crippen LogP contribution in [-0.4, -0.2) is 24.1 Å². The average molecular weight is 203 g/mol. The van der Waals surface area contributed by atoms with Crippen molar-refractivity contribution in [2.75, 3.05) is 13.1 Å². The predicted molar refractivity (Wildman–Crippen MR) is 59.8 cm³/mol. The maximum Gasteiger partial charge on any atom is 0.0455 e. The van der Waals surface area contributed by atoms with Crippen LogP contribution in [0.2, 0.25) is 0 Å². The highest BCUT2D eigenvalue weighted by Gasteiger charge is 2.23. The van der Waals surface area contributed by atoms with Gasteiger partial charge in [0.1, 0.15) is 0 Å². The molecule has 2 unspecified atom stereocenters. The van der Waals surface area contributed by atoms with Gasteiger partial charge in [0.2, 0.25) is 0 Å². The van der Waals surface area contributed by atoms with Gasteiger partial charge in [0.25, 0.3) is 0 Å². The fourth-order valence-corrected chi connectivity index (χ4v) is 2.65. The molecule has 1 aromatic rings. The molecule has 1 fully saturated rings. The molecule has 1 aromatic heterocycles. The van der Waals surface area contributed by atoms with Gasteiger partial charge in [-0.05, 0) is 31.0 Å². The summed E-state index contributed by atoms with van der Waals surface area (Å²) in [7, 11) is 0. The number of hydrogen-bond acceptors (Lipinski definition) is 3. The van der Waals surface area contributed by atoms with Gasteiger partial charge in [-0.1, -0.05) is 6.07 Å². The zero-order valence-electron chi connectivity index (χ0n) is 8.87. The van der Waals surface area contributed by atoms with Gasteiger partial charge in [0.05, 0.1) is 0 Å². The number of fused-ring (bicyclic) bond motifs is 1. The normalized spacial score (nSPS) is 29.4. The standard InChI is InChI=1S/C12H17N3/c13-10-5-8-1-2-11(15-12(8)6-10)9-3-4-14-7-9/h1-2,9-10,14H,3-7,13H2. The van der Waals surface area contributed by atoms with Gasteiger partial charge in [-0.2, -0.15) is 0 Å². The highest BCUT2D eigenvalue weighted by Crippen LogP contribution is 2.25. The Hall–Kier alpha value is -0.930. The maximum atomic E-state index is 5.94. The smallest absolute Gasteiger partial charge is 0.0455 e. The summed E-state index contributed by atoms with van der Waals surface area (Å²) in [6, 6.07) is 4.71. The molecule has 0 bridgehead atoms. The summed E-state index contributed by atoms with van der Waals surface area (Å²) < 4.78 is 0. The largest absolute Gasteiger partial charge is 0.327 e. The molecule has 0 amide bonds. The zero-order valence-corrected chi connectivity index (χ0v) is 8.87. The summed E-state index contributed by atoms with van der Waals surface area (Å²) >= 11 is 0. The lowest BCUT2D eigenvalue weighted by molar-refractivity contribution is 0.704. The van der Waals surface area contributed by atoms with Gasteiger partial charge in [-0.15, -0.1) is 0 Å². The second-order valence-electron chi connectivity index (χ2n) is 4.70. The second-order valence-corrected chi connectivity index (χ2v) is 4.70. The Morgan fingerprint density at radius 3 is 3.07 bits per heavy atom. The number of nitrogens with one attached hydrogen (secondary N) is 1.